The van der Waals surface area contributed by atoms with Crippen molar-refractivity contribution in [3.8, 4) is 0 Å². The number of nitrogens with zero attached hydrogens (tertiary/aromatic N) is 3. The lowest BCUT2D eigenvalue weighted by Gasteiger charge is -2.31. The van der Waals surface area contributed by atoms with Crippen molar-refractivity contribution in [3.05, 3.63) is 47.5 Å². The maximum atomic E-state index is 13.2. The standard InChI is InChI=1S/C20H22N4O3S2/c1-13-8-9-16(14(2)11-13)21-20(25)15-5-4-10-24(12-15)29(26,27)18-7-3-6-17-19(18)23-28-22-17/h3,6-9,11,15H,4-5,10,12H2,1-2H3,(H,21,25). The highest BCUT2D eigenvalue weighted by Gasteiger charge is 2.34. The van der Waals surface area contributed by atoms with Gasteiger partial charge in [0.05, 0.1) is 17.6 Å². The Balaban J connectivity index is 1.54. The zero-order valence-electron chi connectivity index (χ0n) is 16.3. The first-order valence-electron chi connectivity index (χ1n) is 9.46. The van der Waals surface area contributed by atoms with E-state index in [2.05, 4.69) is 14.1 Å². The summed E-state index contributed by atoms with van der Waals surface area (Å²) < 4.78 is 36.2. The lowest BCUT2D eigenvalue weighted by molar-refractivity contribution is -0.120. The van der Waals surface area contributed by atoms with Gasteiger partial charge in [0.1, 0.15) is 15.9 Å². The summed E-state index contributed by atoms with van der Waals surface area (Å²) in [7, 11) is -3.75. The van der Waals surface area contributed by atoms with Crippen LogP contribution < -0.4 is 5.32 Å². The van der Waals surface area contributed by atoms with Gasteiger partial charge >= 0.3 is 0 Å². The van der Waals surface area contributed by atoms with Crippen molar-refractivity contribution in [2.24, 2.45) is 5.92 Å². The van der Waals surface area contributed by atoms with Crippen LogP contribution in [0.15, 0.2) is 41.3 Å². The third kappa shape index (κ3) is 3.90. The van der Waals surface area contributed by atoms with Gasteiger partial charge < -0.3 is 5.32 Å². The molecule has 1 aliphatic rings. The highest BCUT2D eigenvalue weighted by molar-refractivity contribution is 7.89. The molecule has 1 unspecified atom stereocenters. The Morgan fingerprint density at radius 2 is 2.03 bits per heavy atom. The van der Waals surface area contributed by atoms with Crippen LogP contribution in [0.25, 0.3) is 11.0 Å². The van der Waals surface area contributed by atoms with E-state index in [1.54, 1.807) is 18.2 Å². The number of sulfonamides is 1. The molecule has 1 aliphatic heterocycles. The van der Waals surface area contributed by atoms with Gasteiger partial charge in [0.15, 0.2) is 0 Å². The number of aryl methyl sites for hydroxylation is 2. The Labute approximate surface area is 174 Å². The molecule has 2 aromatic carbocycles. The highest BCUT2D eigenvalue weighted by Crippen LogP contribution is 2.29. The summed E-state index contributed by atoms with van der Waals surface area (Å²) in [6.07, 6.45) is 1.29. The summed E-state index contributed by atoms with van der Waals surface area (Å²) in [6.45, 7) is 4.50. The van der Waals surface area contributed by atoms with E-state index in [1.807, 2.05) is 32.0 Å². The molecule has 0 radical (unpaired) electrons. The molecule has 1 amide bonds. The zero-order chi connectivity index (χ0) is 20.6. The number of hydrogen-bond acceptors (Lipinski definition) is 6. The van der Waals surface area contributed by atoms with Crippen LogP contribution >= 0.6 is 11.7 Å². The number of carbonyl (C=O) groups excluding carboxylic acids is 1. The van der Waals surface area contributed by atoms with Crippen molar-refractivity contribution in [3.63, 3.8) is 0 Å². The number of piperidine rings is 1. The van der Waals surface area contributed by atoms with E-state index < -0.39 is 15.9 Å². The van der Waals surface area contributed by atoms with E-state index in [9.17, 15) is 13.2 Å². The molecule has 1 fully saturated rings. The molecule has 1 aromatic heterocycles. The molecule has 9 heteroatoms. The van der Waals surface area contributed by atoms with Crippen molar-refractivity contribution in [2.75, 3.05) is 18.4 Å². The number of hydrogen-bond donors (Lipinski definition) is 1. The molecule has 29 heavy (non-hydrogen) atoms. The van der Waals surface area contributed by atoms with Gasteiger partial charge in [-0.25, -0.2) is 8.42 Å². The molecule has 7 nitrogen and oxygen atoms in total. The van der Waals surface area contributed by atoms with Gasteiger partial charge in [-0.05, 0) is 50.5 Å². The Kier molecular flexibility index (Phi) is 5.37. The first-order chi connectivity index (χ1) is 13.9. The number of benzene rings is 2. The monoisotopic (exact) mass is 430 g/mol. The first kappa shape index (κ1) is 19.9. The maximum Gasteiger partial charge on any atom is 0.245 e. The molecule has 4 rings (SSSR count). The number of aromatic nitrogens is 2. The fraction of sp³-hybridized carbons (Fsp3) is 0.350. The number of carbonyl (C=O) groups is 1. The van der Waals surface area contributed by atoms with Crippen molar-refractivity contribution < 1.29 is 13.2 Å². The SMILES string of the molecule is Cc1ccc(NC(=O)C2CCCN(S(=O)(=O)c3cccc4nsnc34)C2)c(C)c1. The molecule has 3 aromatic rings. The maximum absolute atomic E-state index is 13.2. The van der Waals surface area contributed by atoms with Gasteiger partial charge in [0.25, 0.3) is 0 Å². The summed E-state index contributed by atoms with van der Waals surface area (Å²) in [6, 6.07) is 10.8. The van der Waals surface area contributed by atoms with Gasteiger partial charge in [-0.15, -0.1) is 0 Å². The molecule has 152 valence electrons. The van der Waals surface area contributed by atoms with Gasteiger partial charge in [0, 0.05) is 18.8 Å². The summed E-state index contributed by atoms with van der Waals surface area (Å²) in [5.74, 6) is -0.544. The van der Waals surface area contributed by atoms with E-state index in [-0.39, 0.29) is 17.3 Å². The molecular weight excluding hydrogens is 408 g/mol. The second-order valence-corrected chi connectivity index (χ2v) is 9.83. The van der Waals surface area contributed by atoms with Crippen LogP contribution in [0.2, 0.25) is 0 Å². The van der Waals surface area contributed by atoms with Crippen molar-refractivity contribution in [1.29, 1.82) is 0 Å². The first-order valence-corrected chi connectivity index (χ1v) is 11.6. The Hall–Kier alpha value is -2.36. The lowest BCUT2D eigenvalue weighted by Crippen LogP contribution is -2.43. The van der Waals surface area contributed by atoms with Gasteiger partial charge in [-0.3, -0.25) is 4.79 Å². The molecule has 0 bridgehead atoms. The fourth-order valence-electron chi connectivity index (χ4n) is 3.69. The van der Waals surface area contributed by atoms with Gasteiger partial charge in [0.2, 0.25) is 15.9 Å². The predicted molar refractivity (Wildman–Crippen MR) is 113 cm³/mol. The normalized spacial score (nSPS) is 18.1. The lowest BCUT2D eigenvalue weighted by atomic mass is 9.98. The number of nitrogens with one attached hydrogen (secondary N) is 1. The summed E-state index contributed by atoms with van der Waals surface area (Å²) in [4.78, 5) is 13.0. The molecule has 0 aliphatic carbocycles. The van der Waals surface area contributed by atoms with Crippen LogP contribution in [0.3, 0.4) is 0 Å². The van der Waals surface area contributed by atoms with E-state index >= 15 is 0 Å². The minimum absolute atomic E-state index is 0.148. The third-order valence-electron chi connectivity index (χ3n) is 5.26. The molecule has 2 heterocycles. The van der Waals surface area contributed by atoms with Gasteiger partial charge in [-0.1, -0.05) is 23.8 Å². The van der Waals surface area contributed by atoms with Crippen LogP contribution in [-0.2, 0) is 14.8 Å². The van der Waals surface area contributed by atoms with Crippen LogP contribution in [0.4, 0.5) is 5.69 Å². The molecule has 1 atom stereocenters. The molecule has 1 N–H and O–H groups in total. The summed E-state index contributed by atoms with van der Waals surface area (Å²) in [5, 5.41) is 2.96. The Morgan fingerprint density at radius 1 is 1.21 bits per heavy atom. The van der Waals surface area contributed by atoms with Crippen LogP contribution in [-0.4, -0.2) is 40.5 Å². The second-order valence-electron chi connectivity index (χ2n) is 7.40. The summed E-state index contributed by atoms with van der Waals surface area (Å²) in [5.41, 5.74) is 3.83. The van der Waals surface area contributed by atoms with E-state index in [0.29, 0.717) is 30.4 Å². The van der Waals surface area contributed by atoms with Crippen molar-refractivity contribution in [1.82, 2.24) is 13.1 Å². The average molecular weight is 431 g/mol. The number of fused-ring (bicyclic) bond motifs is 1. The molecular formula is C20H22N4O3S2. The van der Waals surface area contributed by atoms with Crippen LogP contribution in [0, 0.1) is 19.8 Å². The quantitative estimate of drug-likeness (QED) is 0.685. The van der Waals surface area contributed by atoms with E-state index in [0.717, 1.165) is 28.5 Å². The Bertz CT molecular complexity index is 1170. The third-order valence-corrected chi connectivity index (χ3v) is 7.70. The zero-order valence-corrected chi connectivity index (χ0v) is 17.9. The molecule has 0 spiro atoms. The molecule has 0 saturated carbocycles. The second kappa shape index (κ2) is 7.81. The van der Waals surface area contributed by atoms with Gasteiger partial charge in [-0.2, -0.15) is 13.1 Å². The van der Waals surface area contributed by atoms with Crippen molar-refractivity contribution in [2.45, 2.75) is 31.6 Å². The minimum atomic E-state index is -3.75. The largest absolute Gasteiger partial charge is 0.326 e. The minimum Gasteiger partial charge on any atom is -0.326 e. The fourth-order valence-corrected chi connectivity index (χ4v) is 5.97. The van der Waals surface area contributed by atoms with Crippen LogP contribution in [0.5, 0.6) is 0 Å². The van der Waals surface area contributed by atoms with E-state index in [4.69, 9.17) is 0 Å². The van der Waals surface area contributed by atoms with Crippen molar-refractivity contribution >= 4 is 44.4 Å². The smallest absolute Gasteiger partial charge is 0.245 e. The number of anilines is 1. The highest BCUT2D eigenvalue weighted by atomic mass is 32.2. The van der Waals surface area contributed by atoms with E-state index in [1.165, 1.54) is 4.31 Å². The molecule has 1 saturated heterocycles. The Morgan fingerprint density at radius 3 is 2.83 bits per heavy atom. The predicted octanol–water partition coefficient (Wildman–Crippen LogP) is 3.35. The van der Waals surface area contributed by atoms with Crippen LogP contribution in [0.1, 0.15) is 24.0 Å². The topological polar surface area (TPSA) is 92.3 Å². The number of amides is 1. The average Bonchev–Trinajstić information content (AvgIpc) is 3.19. The summed E-state index contributed by atoms with van der Waals surface area (Å²) >= 11 is 0.992. The number of rotatable bonds is 4.